The zero-order chi connectivity index (χ0) is 10.5. The number of rotatable bonds is 4. The maximum absolute atomic E-state index is 6.08. The molecule has 0 radical (unpaired) electrons. The molecule has 0 unspecified atom stereocenters. The van der Waals surface area contributed by atoms with Gasteiger partial charge in [0.25, 0.3) is 0 Å². The molecular weight excluding hydrogens is 206 g/mol. The molecule has 0 saturated heterocycles. The van der Waals surface area contributed by atoms with Crippen molar-refractivity contribution in [1.82, 2.24) is 5.32 Å². The molecule has 82 valence electrons. The molecule has 1 saturated carbocycles. The Morgan fingerprint density at radius 3 is 2.67 bits per heavy atom. The van der Waals surface area contributed by atoms with Gasteiger partial charge in [-0.2, -0.15) is 0 Å². The molecule has 1 aromatic rings. The lowest BCUT2D eigenvalue weighted by Gasteiger charge is -2.10. The van der Waals surface area contributed by atoms with E-state index in [1.807, 2.05) is 0 Å². The highest BCUT2D eigenvalue weighted by atomic mass is 35.5. The van der Waals surface area contributed by atoms with Crippen LogP contribution in [0.1, 0.15) is 24.8 Å². The summed E-state index contributed by atoms with van der Waals surface area (Å²) in [6, 6.07) is 10.5. The van der Waals surface area contributed by atoms with Gasteiger partial charge in [-0.15, -0.1) is 11.6 Å². The van der Waals surface area contributed by atoms with Gasteiger partial charge in [0, 0.05) is 11.9 Å². The predicted molar refractivity (Wildman–Crippen MR) is 65.1 cm³/mol. The first-order valence-corrected chi connectivity index (χ1v) is 6.17. The SMILES string of the molecule is Cl[C@@H]1CC[C@H](CNCc2ccccc2)C1. The maximum Gasteiger partial charge on any atom is 0.0339 e. The summed E-state index contributed by atoms with van der Waals surface area (Å²) in [4.78, 5) is 0. The molecule has 1 aliphatic rings. The van der Waals surface area contributed by atoms with Crippen molar-refractivity contribution >= 4 is 11.6 Å². The maximum atomic E-state index is 6.08. The molecule has 1 aliphatic carbocycles. The molecule has 1 fully saturated rings. The van der Waals surface area contributed by atoms with Crippen LogP contribution in [0.2, 0.25) is 0 Å². The van der Waals surface area contributed by atoms with Crippen LogP contribution < -0.4 is 5.32 Å². The number of benzene rings is 1. The van der Waals surface area contributed by atoms with Crippen LogP contribution in [0.4, 0.5) is 0 Å². The fraction of sp³-hybridized carbons (Fsp3) is 0.538. The topological polar surface area (TPSA) is 12.0 Å². The van der Waals surface area contributed by atoms with Gasteiger partial charge in [-0.25, -0.2) is 0 Å². The molecule has 1 nitrogen and oxygen atoms in total. The quantitative estimate of drug-likeness (QED) is 0.774. The number of alkyl halides is 1. The Labute approximate surface area is 96.8 Å². The molecule has 0 heterocycles. The van der Waals surface area contributed by atoms with Gasteiger partial charge in [0.15, 0.2) is 0 Å². The molecule has 2 atom stereocenters. The Morgan fingerprint density at radius 1 is 1.20 bits per heavy atom. The molecule has 1 N–H and O–H groups in total. The minimum Gasteiger partial charge on any atom is -0.312 e. The lowest BCUT2D eigenvalue weighted by atomic mass is 10.1. The summed E-state index contributed by atoms with van der Waals surface area (Å²) in [5.41, 5.74) is 1.36. The zero-order valence-electron chi connectivity index (χ0n) is 8.95. The van der Waals surface area contributed by atoms with Crippen LogP contribution in [0.5, 0.6) is 0 Å². The molecule has 2 rings (SSSR count). The first kappa shape index (κ1) is 11.0. The van der Waals surface area contributed by atoms with E-state index in [-0.39, 0.29) is 0 Å². The smallest absolute Gasteiger partial charge is 0.0339 e. The largest absolute Gasteiger partial charge is 0.312 e. The third-order valence-electron chi connectivity index (χ3n) is 3.08. The summed E-state index contributed by atoms with van der Waals surface area (Å²) >= 11 is 6.08. The van der Waals surface area contributed by atoms with E-state index in [0.717, 1.165) is 19.0 Å². The minimum absolute atomic E-state index is 0.425. The second-order valence-electron chi connectivity index (χ2n) is 4.39. The summed E-state index contributed by atoms with van der Waals surface area (Å²) < 4.78 is 0. The summed E-state index contributed by atoms with van der Waals surface area (Å²) in [6.07, 6.45) is 3.67. The van der Waals surface area contributed by atoms with Crippen molar-refractivity contribution in [2.45, 2.75) is 31.2 Å². The van der Waals surface area contributed by atoms with Crippen molar-refractivity contribution in [3.8, 4) is 0 Å². The van der Waals surface area contributed by atoms with Gasteiger partial charge in [0.1, 0.15) is 0 Å². The standard InChI is InChI=1S/C13H18ClN/c14-13-7-6-12(8-13)10-15-9-11-4-2-1-3-5-11/h1-5,12-13,15H,6-10H2/t12-,13+/m0/s1. The number of hydrogen-bond acceptors (Lipinski definition) is 1. The monoisotopic (exact) mass is 223 g/mol. The second-order valence-corrected chi connectivity index (χ2v) is 5.01. The van der Waals surface area contributed by atoms with E-state index in [2.05, 4.69) is 35.6 Å². The normalized spacial score (nSPS) is 25.7. The average molecular weight is 224 g/mol. The van der Waals surface area contributed by atoms with Gasteiger partial charge >= 0.3 is 0 Å². The molecule has 1 aromatic carbocycles. The number of nitrogens with one attached hydrogen (secondary N) is 1. The van der Waals surface area contributed by atoms with Crippen molar-refractivity contribution in [3.05, 3.63) is 35.9 Å². The van der Waals surface area contributed by atoms with Gasteiger partial charge in [-0.1, -0.05) is 30.3 Å². The summed E-state index contributed by atoms with van der Waals surface area (Å²) in [6.45, 7) is 2.09. The van der Waals surface area contributed by atoms with E-state index >= 15 is 0 Å². The summed E-state index contributed by atoms with van der Waals surface area (Å²) in [7, 11) is 0. The van der Waals surface area contributed by atoms with Gasteiger partial charge < -0.3 is 5.32 Å². The van der Waals surface area contributed by atoms with E-state index in [4.69, 9.17) is 11.6 Å². The van der Waals surface area contributed by atoms with Crippen molar-refractivity contribution in [2.24, 2.45) is 5.92 Å². The zero-order valence-corrected chi connectivity index (χ0v) is 9.71. The second kappa shape index (κ2) is 5.53. The Bertz CT molecular complexity index is 286. The summed E-state index contributed by atoms with van der Waals surface area (Å²) in [5, 5.41) is 3.93. The molecule has 0 amide bonds. The van der Waals surface area contributed by atoms with Gasteiger partial charge in [0.2, 0.25) is 0 Å². The average Bonchev–Trinajstić information content (AvgIpc) is 2.66. The Morgan fingerprint density at radius 2 is 2.00 bits per heavy atom. The van der Waals surface area contributed by atoms with E-state index in [9.17, 15) is 0 Å². The first-order valence-electron chi connectivity index (χ1n) is 5.73. The van der Waals surface area contributed by atoms with Gasteiger partial charge in [-0.05, 0) is 37.3 Å². The highest BCUT2D eigenvalue weighted by Crippen LogP contribution is 2.28. The Balaban J connectivity index is 1.67. The van der Waals surface area contributed by atoms with Crippen LogP contribution in [0.15, 0.2) is 30.3 Å². The van der Waals surface area contributed by atoms with Crippen LogP contribution in [0.25, 0.3) is 0 Å². The third kappa shape index (κ3) is 3.51. The molecule has 0 spiro atoms. The third-order valence-corrected chi connectivity index (χ3v) is 3.48. The van der Waals surface area contributed by atoms with Crippen LogP contribution in [0, 0.1) is 5.92 Å². The number of hydrogen-bond donors (Lipinski definition) is 1. The van der Waals surface area contributed by atoms with E-state index in [1.165, 1.54) is 24.8 Å². The molecule has 15 heavy (non-hydrogen) atoms. The van der Waals surface area contributed by atoms with Gasteiger partial charge in [-0.3, -0.25) is 0 Å². The van der Waals surface area contributed by atoms with Crippen molar-refractivity contribution < 1.29 is 0 Å². The lowest BCUT2D eigenvalue weighted by molar-refractivity contribution is 0.490. The molecule has 0 aliphatic heterocycles. The molecule has 2 heteroatoms. The van der Waals surface area contributed by atoms with E-state index in [0.29, 0.717) is 5.38 Å². The Hall–Kier alpha value is -0.530. The number of halogens is 1. The van der Waals surface area contributed by atoms with E-state index in [1.54, 1.807) is 0 Å². The molecule has 0 aromatic heterocycles. The fourth-order valence-corrected chi connectivity index (χ4v) is 2.59. The lowest BCUT2D eigenvalue weighted by Crippen LogP contribution is -2.21. The van der Waals surface area contributed by atoms with E-state index < -0.39 is 0 Å². The van der Waals surface area contributed by atoms with Crippen LogP contribution in [-0.2, 0) is 6.54 Å². The molecule has 0 bridgehead atoms. The minimum atomic E-state index is 0.425. The van der Waals surface area contributed by atoms with Crippen molar-refractivity contribution in [3.63, 3.8) is 0 Å². The highest BCUT2D eigenvalue weighted by Gasteiger charge is 2.21. The van der Waals surface area contributed by atoms with Crippen molar-refractivity contribution in [1.29, 1.82) is 0 Å². The van der Waals surface area contributed by atoms with Crippen LogP contribution >= 0.6 is 11.6 Å². The van der Waals surface area contributed by atoms with Crippen LogP contribution in [0.3, 0.4) is 0 Å². The first-order chi connectivity index (χ1) is 7.34. The predicted octanol–water partition coefficient (Wildman–Crippen LogP) is 3.18. The van der Waals surface area contributed by atoms with Gasteiger partial charge in [0.05, 0.1) is 0 Å². The fourth-order valence-electron chi connectivity index (χ4n) is 2.22. The Kier molecular flexibility index (Phi) is 4.04. The van der Waals surface area contributed by atoms with Crippen LogP contribution in [-0.4, -0.2) is 11.9 Å². The molecular formula is C13H18ClN. The highest BCUT2D eigenvalue weighted by molar-refractivity contribution is 6.20. The van der Waals surface area contributed by atoms with Crippen molar-refractivity contribution in [2.75, 3.05) is 6.54 Å². The summed E-state index contributed by atoms with van der Waals surface area (Å²) in [5.74, 6) is 0.788.